The summed E-state index contributed by atoms with van der Waals surface area (Å²) in [4.78, 5) is 29.7. The SMILES string of the molecule is CCCCNC(=O)[C@H](Cc1ccccc1)N(Cc1ccc(F)cc1)C(=O)CN(c1ccc(OC)c(Cl)c1)S(=O)(=O)c1ccc(C)cc1. The lowest BCUT2D eigenvalue weighted by Crippen LogP contribution is -2.53. The van der Waals surface area contributed by atoms with Crippen molar-refractivity contribution in [3.63, 3.8) is 0 Å². The van der Waals surface area contributed by atoms with Crippen LogP contribution >= 0.6 is 11.6 Å². The minimum Gasteiger partial charge on any atom is -0.495 e. The highest BCUT2D eigenvalue weighted by Crippen LogP contribution is 2.32. The summed E-state index contributed by atoms with van der Waals surface area (Å²) in [5.74, 6) is -1.13. The molecular weight excluding hydrogens is 641 g/mol. The molecule has 0 aliphatic carbocycles. The number of anilines is 1. The average molecular weight is 680 g/mol. The van der Waals surface area contributed by atoms with Gasteiger partial charge in [-0.2, -0.15) is 0 Å². The van der Waals surface area contributed by atoms with Gasteiger partial charge in [-0.3, -0.25) is 13.9 Å². The fourth-order valence-corrected chi connectivity index (χ4v) is 6.68. The van der Waals surface area contributed by atoms with Crippen molar-refractivity contribution in [3.05, 3.63) is 125 Å². The first-order valence-corrected chi connectivity index (χ1v) is 17.1. The van der Waals surface area contributed by atoms with Gasteiger partial charge in [-0.15, -0.1) is 0 Å². The number of halogens is 2. The monoisotopic (exact) mass is 679 g/mol. The number of aryl methyl sites for hydroxylation is 1. The summed E-state index contributed by atoms with van der Waals surface area (Å²) in [6.07, 6.45) is 1.78. The molecule has 0 bridgehead atoms. The van der Waals surface area contributed by atoms with Gasteiger partial charge in [0.25, 0.3) is 10.0 Å². The van der Waals surface area contributed by atoms with Crippen LogP contribution in [0.5, 0.6) is 5.75 Å². The molecule has 4 rings (SSSR count). The molecule has 8 nitrogen and oxygen atoms in total. The lowest BCUT2D eigenvalue weighted by Gasteiger charge is -2.34. The van der Waals surface area contributed by atoms with E-state index in [0.29, 0.717) is 17.9 Å². The van der Waals surface area contributed by atoms with Gasteiger partial charge in [-0.05, 0) is 66.9 Å². The molecule has 0 unspecified atom stereocenters. The maximum Gasteiger partial charge on any atom is 0.264 e. The van der Waals surface area contributed by atoms with E-state index in [4.69, 9.17) is 16.3 Å². The molecule has 0 saturated heterocycles. The number of benzene rings is 4. The number of unbranched alkanes of at least 4 members (excludes halogenated alkanes) is 1. The number of carbonyl (C=O) groups is 2. The van der Waals surface area contributed by atoms with Crippen molar-refractivity contribution in [2.24, 2.45) is 0 Å². The van der Waals surface area contributed by atoms with Crippen LogP contribution in [0.2, 0.25) is 5.02 Å². The average Bonchev–Trinajstić information content (AvgIpc) is 3.06. The van der Waals surface area contributed by atoms with Gasteiger partial charge in [-0.1, -0.05) is 85.1 Å². The van der Waals surface area contributed by atoms with E-state index in [1.54, 1.807) is 12.1 Å². The van der Waals surface area contributed by atoms with Crippen molar-refractivity contribution >= 4 is 39.1 Å². The van der Waals surface area contributed by atoms with Crippen LogP contribution in [0.15, 0.2) is 102 Å². The second-order valence-electron chi connectivity index (χ2n) is 11.1. The fraction of sp³-hybridized carbons (Fsp3) is 0.278. The Labute approximate surface area is 281 Å². The fourth-order valence-electron chi connectivity index (χ4n) is 5.02. The second-order valence-corrected chi connectivity index (χ2v) is 13.4. The Morgan fingerprint density at radius 3 is 2.23 bits per heavy atom. The summed E-state index contributed by atoms with van der Waals surface area (Å²) in [5.41, 5.74) is 2.38. The number of hydrogen-bond acceptors (Lipinski definition) is 5. The molecule has 2 amide bonds. The van der Waals surface area contributed by atoms with E-state index in [2.05, 4.69) is 5.32 Å². The predicted molar refractivity (Wildman–Crippen MR) is 183 cm³/mol. The molecule has 0 fully saturated rings. The van der Waals surface area contributed by atoms with Gasteiger partial charge in [-0.25, -0.2) is 12.8 Å². The van der Waals surface area contributed by atoms with Crippen molar-refractivity contribution in [2.75, 3.05) is 24.5 Å². The van der Waals surface area contributed by atoms with Crippen molar-refractivity contribution < 1.29 is 27.1 Å². The van der Waals surface area contributed by atoms with E-state index in [9.17, 15) is 22.4 Å². The Hall–Kier alpha value is -4.41. The number of nitrogens with one attached hydrogen (secondary N) is 1. The van der Waals surface area contributed by atoms with Crippen LogP contribution in [-0.2, 0) is 32.6 Å². The molecule has 0 aliphatic heterocycles. The van der Waals surface area contributed by atoms with Crippen molar-refractivity contribution in [1.29, 1.82) is 0 Å². The predicted octanol–water partition coefficient (Wildman–Crippen LogP) is 6.55. The summed E-state index contributed by atoms with van der Waals surface area (Å²) >= 11 is 6.43. The van der Waals surface area contributed by atoms with E-state index >= 15 is 0 Å². The third-order valence-electron chi connectivity index (χ3n) is 7.68. The third-order valence-corrected chi connectivity index (χ3v) is 9.76. The summed E-state index contributed by atoms with van der Waals surface area (Å²) < 4.78 is 48.5. The van der Waals surface area contributed by atoms with Gasteiger partial charge in [0, 0.05) is 19.5 Å². The number of ether oxygens (including phenoxy) is 1. The van der Waals surface area contributed by atoms with Crippen molar-refractivity contribution in [1.82, 2.24) is 10.2 Å². The van der Waals surface area contributed by atoms with Gasteiger partial charge < -0.3 is 15.0 Å². The van der Waals surface area contributed by atoms with Gasteiger partial charge in [0.2, 0.25) is 11.8 Å². The number of amides is 2. The van der Waals surface area contributed by atoms with E-state index in [0.717, 1.165) is 28.3 Å². The van der Waals surface area contributed by atoms with Gasteiger partial charge in [0.05, 0.1) is 22.7 Å². The number of sulfonamides is 1. The van der Waals surface area contributed by atoms with E-state index < -0.39 is 34.3 Å². The summed E-state index contributed by atoms with van der Waals surface area (Å²) in [6.45, 7) is 3.55. The van der Waals surface area contributed by atoms with Gasteiger partial charge in [0.15, 0.2) is 0 Å². The Bertz CT molecular complexity index is 1750. The molecule has 0 spiro atoms. The van der Waals surface area contributed by atoms with Gasteiger partial charge in [0.1, 0.15) is 24.2 Å². The normalized spacial score (nSPS) is 11.9. The van der Waals surface area contributed by atoms with Crippen LogP contribution in [0.4, 0.5) is 10.1 Å². The van der Waals surface area contributed by atoms with Crippen LogP contribution in [0, 0.1) is 12.7 Å². The minimum atomic E-state index is -4.30. The Morgan fingerprint density at radius 1 is 0.936 bits per heavy atom. The molecule has 1 N–H and O–H groups in total. The largest absolute Gasteiger partial charge is 0.495 e. The van der Waals surface area contributed by atoms with Crippen LogP contribution in [0.25, 0.3) is 0 Å². The smallest absolute Gasteiger partial charge is 0.264 e. The molecule has 0 heterocycles. The Balaban J connectivity index is 1.81. The molecule has 4 aromatic rings. The zero-order valence-corrected chi connectivity index (χ0v) is 28.2. The number of rotatable bonds is 15. The van der Waals surface area contributed by atoms with Gasteiger partial charge >= 0.3 is 0 Å². The molecule has 11 heteroatoms. The standard InChI is InChI=1S/C36H39ClFN3O5S/c1-4-5-21-39-36(43)33(22-27-9-7-6-8-10-27)40(24-28-13-15-29(38)16-14-28)35(42)25-41(30-17-20-34(46-3)32(37)23-30)47(44,45)31-18-11-26(2)12-19-31/h6-20,23,33H,4-5,21-22,24-25H2,1-3H3,(H,39,43)/t33-/m0/s1. The van der Waals surface area contributed by atoms with Crippen LogP contribution in [0.1, 0.15) is 36.5 Å². The summed E-state index contributed by atoms with van der Waals surface area (Å²) in [6, 6.07) is 24.6. The van der Waals surface area contributed by atoms with E-state index in [1.165, 1.54) is 66.6 Å². The molecule has 248 valence electrons. The quantitative estimate of drug-likeness (QED) is 0.144. The number of methoxy groups -OCH3 is 1. The molecule has 0 aliphatic rings. The lowest BCUT2D eigenvalue weighted by molar-refractivity contribution is -0.140. The highest BCUT2D eigenvalue weighted by molar-refractivity contribution is 7.92. The number of carbonyl (C=O) groups excluding carboxylic acids is 2. The summed E-state index contributed by atoms with van der Waals surface area (Å²) in [7, 11) is -2.86. The molecular formula is C36H39ClFN3O5S. The molecule has 4 aromatic carbocycles. The second kappa shape index (κ2) is 16.4. The van der Waals surface area contributed by atoms with Crippen molar-refractivity contribution in [3.8, 4) is 5.75 Å². The topological polar surface area (TPSA) is 96.0 Å². The summed E-state index contributed by atoms with van der Waals surface area (Å²) in [5, 5.41) is 3.10. The van der Waals surface area contributed by atoms with Crippen LogP contribution in [-0.4, -0.2) is 51.4 Å². The molecule has 0 radical (unpaired) electrons. The van der Waals surface area contributed by atoms with Crippen LogP contribution in [0.3, 0.4) is 0 Å². The maximum atomic E-state index is 14.5. The number of hydrogen-bond donors (Lipinski definition) is 1. The Kier molecular flexibility index (Phi) is 12.4. The van der Waals surface area contributed by atoms with E-state index in [1.807, 2.05) is 44.2 Å². The minimum absolute atomic E-state index is 0.0222. The van der Waals surface area contributed by atoms with Crippen LogP contribution < -0.4 is 14.4 Å². The molecule has 0 aromatic heterocycles. The van der Waals surface area contributed by atoms with Crippen molar-refractivity contribution in [2.45, 2.75) is 50.6 Å². The first kappa shape index (κ1) is 35.4. The maximum absolute atomic E-state index is 14.5. The Morgan fingerprint density at radius 2 is 1.62 bits per heavy atom. The molecule has 0 saturated carbocycles. The first-order valence-electron chi connectivity index (χ1n) is 15.3. The molecule has 47 heavy (non-hydrogen) atoms. The molecule has 1 atom stereocenters. The zero-order chi connectivity index (χ0) is 34.0. The highest BCUT2D eigenvalue weighted by Gasteiger charge is 2.34. The highest BCUT2D eigenvalue weighted by atomic mass is 35.5. The first-order chi connectivity index (χ1) is 22.5. The zero-order valence-electron chi connectivity index (χ0n) is 26.7. The van der Waals surface area contributed by atoms with E-state index in [-0.39, 0.29) is 34.5 Å². The third kappa shape index (κ3) is 9.33. The lowest BCUT2D eigenvalue weighted by atomic mass is 10.0. The number of nitrogens with zero attached hydrogens (tertiary/aromatic N) is 2.